The van der Waals surface area contributed by atoms with Crippen molar-refractivity contribution in [3.05, 3.63) is 59.7 Å². The van der Waals surface area contributed by atoms with Gasteiger partial charge in [0, 0.05) is 31.5 Å². The van der Waals surface area contributed by atoms with Crippen LogP contribution in [-0.4, -0.2) is 37.2 Å². The van der Waals surface area contributed by atoms with E-state index in [-0.39, 0.29) is 35.9 Å². The maximum absolute atomic E-state index is 13.3. The van der Waals surface area contributed by atoms with Gasteiger partial charge in [-0.15, -0.1) is 24.0 Å². The molecular weight excluding hydrogens is 458 g/mol. The lowest BCUT2D eigenvalue weighted by molar-refractivity contribution is 0.199. The summed E-state index contributed by atoms with van der Waals surface area (Å²) in [6, 6.07) is 10.3. The van der Waals surface area contributed by atoms with Crippen LogP contribution in [-0.2, 0) is 6.42 Å². The highest BCUT2D eigenvalue weighted by atomic mass is 127. The molecular formula is C20H28FIN4O. The number of rotatable bonds is 8. The van der Waals surface area contributed by atoms with Gasteiger partial charge in [0.1, 0.15) is 17.7 Å². The van der Waals surface area contributed by atoms with Crippen LogP contribution in [0.2, 0.25) is 0 Å². The number of aromatic nitrogens is 1. The Hall–Kier alpha value is -1.90. The predicted octanol–water partition coefficient (Wildman–Crippen LogP) is 3.71. The van der Waals surface area contributed by atoms with Crippen LogP contribution in [0, 0.1) is 12.7 Å². The van der Waals surface area contributed by atoms with Gasteiger partial charge in [0.05, 0.1) is 6.54 Å². The van der Waals surface area contributed by atoms with E-state index in [1.165, 1.54) is 17.7 Å². The first-order valence-electron chi connectivity index (χ1n) is 8.89. The smallest absolute Gasteiger partial charge is 0.191 e. The molecule has 2 aromatic rings. The van der Waals surface area contributed by atoms with Gasteiger partial charge in [-0.25, -0.2) is 4.39 Å². The first kappa shape index (κ1) is 23.1. The van der Waals surface area contributed by atoms with Crippen LogP contribution in [0.15, 0.2) is 47.6 Å². The zero-order valence-electron chi connectivity index (χ0n) is 16.0. The number of nitrogens with zero attached hydrogens (tertiary/aromatic N) is 2. The van der Waals surface area contributed by atoms with Gasteiger partial charge in [-0.05, 0) is 43.5 Å². The van der Waals surface area contributed by atoms with E-state index >= 15 is 0 Å². The SMILES string of the molecule is CCC(CNC(=NC)NCCc1ccc(C)nc1)Oc1cccc(F)c1.I. The normalized spacial score (nSPS) is 12.1. The Balaban J connectivity index is 0.00000364. The third-order valence-corrected chi connectivity index (χ3v) is 3.95. The molecule has 7 heteroatoms. The molecule has 0 saturated carbocycles. The molecule has 27 heavy (non-hydrogen) atoms. The summed E-state index contributed by atoms with van der Waals surface area (Å²) in [4.78, 5) is 8.52. The maximum atomic E-state index is 13.3. The second-order valence-electron chi connectivity index (χ2n) is 6.04. The number of ether oxygens (including phenoxy) is 1. The lowest BCUT2D eigenvalue weighted by Crippen LogP contribution is -2.43. The Labute approximate surface area is 177 Å². The molecule has 0 bridgehead atoms. The van der Waals surface area contributed by atoms with E-state index in [0.29, 0.717) is 18.3 Å². The maximum Gasteiger partial charge on any atom is 0.191 e. The molecule has 0 saturated heterocycles. The molecule has 0 aliphatic rings. The van der Waals surface area contributed by atoms with Gasteiger partial charge < -0.3 is 15.4 Å². The third-order valence-electron chi connectivity index (χ3n) is 3.95. The van der Waals surface area contributed by atoms with Crippen LogP contribution < -0.4 is 15.4 Å². The summed E-state index contributed by atoms with van der Waals surface area (Å²) >= 11 is 0. The Morgan fingerprint density at radius 2 is 2.07 bits per heavy atom. The average Bonchev–Trinajstić information content (AvgIpc) is 2.65. The molecule has 0 aliphatic carbocycles. The second-order valence-corrected chi connectivity index (χ2v) is 6.04. The van der Waals surface area contributed by atoms with Gasteiger partial charge in [0.25, 0.3) is 0 Å². The number of pyridine rings is 1. The van der Waals surface area contributed by atoms with E-state index < -0.39 is 0 Å². The lowest BCUT2D eigenvalue weighted by atomic mass is 10.2. The molecule has 1 aromatic carbocycles. The van der Waals surface area contributed by atoms with Crippen molar-refractivity contribution in [2.24, 2.45) is 4.99 Å². The lowest BCUT2D eigenvalue weighted by Gasteiger charge is -2.20. The van der Waals surface area contributed by atoms with Crippen molar-refractivity contribution in [1.82, 2.24) is 15.6 Å². The zero-order valence-corrected chi connectivity index (χ0v) is 18.4. The standard InChI is InChI=1S/C20H27FN4O.HI/c1-4-18(26-19-7-5-6-17(21)12-19)14-25-20(22-3)23-11-10-16-9-8-15(2)24-13-16;/h5-9,12-13,18H,4,10-11,14H2,1-3H3,(H2,22,23,25);1H. The van der Waals surface area contributed by atoms with Crippen molar-refractivity contribution in [3.63, 3.8) is 0 Å². The minimum absolute atomic E-state index is 0. The van der Waals surface area contributed by atoms with E-state index in [1.807, 2.05) is 26.1 Å². The fraction of sp³-hybridized carbons (Fsp3) is 0.400. The molecule has 0 spiro atoms. The molecule has 148 valence electrons. The molecule has 1 heterocycles. The van der Waals surface area contributed by atoms with Crippen molar-refractivity contribution < 1.29 is 9.13 Å². The van der Waals surface area contributed by atoms with Gasteiger partial charge in [0.15, 0.2) is 5.96 Å². The van der Waals surface area contributed by atoms with Crippen molar-refractivity contribution in [2.75, 3.05) is 20.1 Å². The van der Waals surface area contributed by atoms with Crippen LogP contribution in [0.4, 0.5) is 4.39 Å². The molecule has 5 nitrogen and oxygen atoms in total. The summed E-state index contributed by atoms with van der Waals surface area (Å²) in [5.41, 5.74) is 2.20. The number of nitrogens with one attached hydrogen (secondary N) is 2. The molecule has 1 unspecified atom stereocenters. The molecule has 0 amide bonds. The predicted molar refractivity (Wildman–Crippen MR) is 119 cm³/mol. The van der Waals surface area contributed by atoms with E-state index in [9.17, 15) is 4.39 Å². The molecule has 2 rings (SSSR count). The summed E-state index contributed by atoms with van der Waals surface area (Å²) in [5, 5.41) is 6.54. The Morgan fingerprint density at radius 1 is 1.26 bits per heavy atom. The van der Waals surface area contributed by atoms with Gasteiger partial charge in [-0.1, -0.05) is 19.1 Å². The largest absolute Gasteiger partial charge is 0.489 e. The summed E-state index contributed by atoms with van der Waals surface area (Å²) < 4.78 is 19.1. The molecule has 0 fully saturated rings. The monoisotopic (exact) mass is 486 g/mol. The first-order chi connectivity index (χ1) is 12.6. The fourth-order valence-corrected chi connectivity index (χ4v) is 2.40. The van der Waals surface area contributed by atoms with Crippen molar-refractivity contribution in [2.45, 2.75) is 32.8 Å². The highest BCUT2D eigenvalue weighted by Crippen LogP contribution is 2.14. The molecule has 0 radical (unpaired) electrons. The van der Waals surface area contributed by atoms with Gasteiger partial charge >= 0.3 is 0 Å². The van der Waals surface area contributed by atoms with Gasteiger partial charge in [-0.2, -0.15) is 0 Å². The van der Waals surface area contributed by atoms with E-state index in [4.69, 9.17) is 4.74 Å². The number of aliphatic imine (C=N–C) groups is 1. The second kappa shape index (κ2) is 12.5. The van der Waals surface area contributed by atoms with Gasteiger partial charge in [0.2, 0.25) is 0 Å². The van der Waals surface area contributed by atoms with Crippen LogP contribution in [0.3, 0.4) is 0 Å². The van der Waals surface area contributed by atoms with E-state index in [1.54, 1.807) is 19.2 Å². The Bertz CT molecular complexity index is 709. The minimum atomic E-state index is -0.298. The summed E-state index contributed by atoms with van der Waals surface area (Å²) in [5.74, 6) is 0.952. The number of hydrogen-bond acceptors (Lipinski definition) is 3. The van der Waals surface area contributed by atoms with Gasteiger partial charge in [-0.3, -0.25) is 9.98 Å². The highest BCUT2D eigenvalue weighted by molar-refractivity contribution is 14.0. The van der Waals surface area contributed by atoms with E-state index in [0.717, 1.165) is 25.1 Å². The number of benzene rings is 1. The topological polar surface area (TPSA) is 58.5 Å². The molecule has 2 N–H and O–H groups in total. The minimum Gasteiger partial charge on any atom is -0.489 e. The Kier molecular flexibility index (Phi) is 10.7. The number of guanidine groups is 1. The fourth-order valence-electron chi connectivity index (χ4n) is 2.40. The van der Waals surface area contributed by atoms with E-state index in [2.05, 4.69) is 26.7 Å². The van der Waals surface area contributed by atoms with Crippen molar-refractivity contribution in [1.29, 1.82) is 0 Å². The van der Waals surface area contributed by atoms with Crippen LogP contribution in [0.5, 0.6) is 5.75 Å². The molecule has 0 aliphatic heterocycles. The zero-order chi connectivity index (χ0) is 18.8. The van der Waals surface area contributed by atoms with Crippen LogP contribution in [0.1, 0.15) is 24.6 Å². The number of hydrogen-bond donors (Lipinski definition) is 2. The Morgan fingerprint density at radius 3 is 2.70 bits per heavy atom. The summed E-state index contributed by atoms with van der Waals surface area (Å²) in [7, 11) is 1.73. The summed E-state index contributed by atoms with van der Waals surface area (Å²) in [6.45, 7) is 5.35. The van der Waals surface area contributed by atoms with Crippen molar-refractivity contribution in [3.8, 4) is 5.75 Å². The first-order valence-corrected chi connectivity index (χ1v) is 8.89. The third kappa shape index (κ3) is 8.55. The quantitative estimate of drug-likeness (QED) is 0.340. The summed E-state index contributed by atoms with van der Waals surface area (Å²) in [6.07, 6.45) is 3.49. The highest BCUT2D eigenvalue weighted by Gasteiger charge is 2.10. The number of aryl methyl sites for hydroxylation is 1. The molecule has 1 atom stereocenters. The average molecular weight is 486 g/mol. The van der Waals surface area contributed by atoms with Crippen LogP contribution in [0.25, 0.3) is 0 Å². The van der Waals surface area contributed by atoms with Crippen molar-refractivity contribution >= 4 is 29.9 Å². The van der Waals surface area contributed by atoms with Crippen LogP contribution >= 0.6 is 24.0 Å². The number of halogens is 2. The molecule has 1 aromatic heterocycles.